The third-order valence-corrected chi connectivity index (χ3v) is 7.79. The van der Waals surface area contributed by atoms with Gasteiger partial charge in [-0.15, -0.1) is 0 Å². The van der Waals surface area contributed by atoms with E-state index in [1.54, 1.807) is 9.88 Å². The summed E-state index contributed by atoms with van der Waals surface area (Å²) in [7, 11) is 0. The van der Waals surface area contributed by atoms with Crippen molar-refractivity contribution in [1.82, 2.24) is 24.6 Å². The van der Waals surface area contributed by atoms with Crippen molar-refractivity contribution in [2.45, 2.75) is 43.8 Å². The number of carbonyl (C=O) groups excluding carboxylic acids is 2. The lowest BCUT2D eigenvalue weighted by molar-refractivity contribution is -0.141. The zero-order valence-electron chi connectivity index (χ0n) is 21.0. The summed E-state index contributed by atoms with van der Waals surface area (Å²) in [4.78, 5) is 43.6. The van der Waals surface area contributed by atoms with E-state index in [4.69, 9.17) is 5.10 Å². The predicted octanol–water partition coefficient (Wildman–Crippen LogP) is 3.77. The van der Waals surface area contributed by atoms with Gasteiger partial charge in [-0.05, 0) is 54.7 Å². The van der Waals surface area contributed by atoms with Crippen molar-refractivity contribution < 1.29 is 22.8 Å². The molecule has 2 amide bonds. The minimum atomic E-state index is -4.74. The van der Waals surface area contributed by atoms with Crippen LogP contribution in [0.2, 0.25) is 0 Å². The summed E-state index contributed by atoms with van der Waals surface area (Å²) in [5.41, 5.74) is 1.98. The highest BCUT2D eigenvalue weighted by atomic mass is 19.4. The molecule has 0 radical (unpaired) electrons. The Kier molecular flexibility index (Phi) is 5.96. The van der Waals surface area contributed by atoms with Crippen LogP contribution in [0.25, 0.3) is 5.69 Å². The molecule has 0 unspecified atom stereocenters. The fourth-order valence-electron chi connectivity index (χ4n) is 5.65. The molecule has 202 valence electrons. The van der Waals surface area contributed by atoms with Gasteiger partial charge in [0.15, 0.2) is 0 Å². The Hall–Kier alpha value is -4.15. The van der Waals surface area contributed by atoms with Crippen LogP contribution in [0.1, 0.15) is 63.4 Å². The van der Waals surface area contributed by atoms with E-state index in [0.29, 0.717) is 31.4 Å². The fourth-order valence-corrected chi connectivity index (χ4v) is 5.65. The molecule has 1 atom stereocenters. The lowest BCUT2D eigenvalue weighted by Crippen LogP contribution is -2.47. The van der Waals surface area contributed by atoms with E-state index in [1.165, 1.54) is 29.4 Å². The summed E-state index contributed by atoms with van der Waals surface area (Å²) in [6, 6.07) is 9.29. The SMILES string of the molecule is C=CC(=O)N1CCc2nn(-c3ccc(C4CC4)cc3)c3c2[C@H](C1)N(C(=O)c1ccc(C(F)(F)F)[nH]c1=O)CC3. The van der Waals surface area contributed by atoms with Crippen LogP contribution < -0.4 is 5.56 Å². The van der Waals surface area contributed by atoms with Gasteiger partial charge in [0.1, 0.15) is 11.3 Å². The maximum Gasteiger partial charge on any atom is 0.431 e. The zero-order valence-corrected chi connectivity index (χ0v) is 21.0. The summed E-state index contributed by atoms with van der Waals surface area (Å²) >= 11 is 0. The first-order valence-corrected chi connectivity index (χ1v) is 12.9. The number of hydrogen-bond acceptors (Lipinski definition) is 4. The average molecular weight is 538 g/mol. The van der Waals surface area contributed by atoms with Crippen LogP contribution in [0.4, 0.5) is 13.2 Å². The Morgan fingerprint density at radius 1 is 1.05 bits per heavy atom. The summed E-state index contributed by atoms with van der Waals surface area (Å²) < 4.78 is 41.1. The number of amides is 2. The molecule has 3 aromatic rings. The van der Waals surface area contributed by atoms with E-state index in [1.807, 2.05) is 16.8 Å². The van der Waals surface area contributed by atoms with Gasteiger partial charge in [-0.3, -0.25) is 14.4 Å². The monoisotopic (exact) mass is 537 g/mol. The van der Waals surface area contributed by atoms with Crippen LogP contribution in [0.15, 0.2) is 53.8 Å². The van der Waals surface area contributed by atoms with Crippen molar-refractivity contribution in [3.8, 4) is 5.69 Å². The molecule has 1 saturated carbocycles. The highest BCUT2D eigenvalue weighted by molar-refractivity contribution is 5.94. The molecule has 3 aliphatic rings. The normalized spacial score (nSPS) is 18.9. The van der Waals surface area contributed by atoms with Gasteiger partial charge in [-0.25, -0.2) is 4.68 Å². The number of aromatic nitrogens is 3. The molecule has 6 rings (SSSR count). The first-order valence-electron chi connectivity index (χ1n) is 12.9. The van der Waals surface area contributed by atoms with Gasteiger partial charge in [-0.1, -0.05) is 18.7 Å². The number of alkyl halides is 3. The van der Waals surface area contributed by atoms with Crippen LogP contribution in [0.5, 0.6) is 0 Å². The van der Waals surface area contributed by atoms with Gasteiger partial charge in [0.25, 0.3) is 11.5 Å². The predicted molar refractivity (Wildman–Crippen MR) is 136 cm³/mol. The van der Waals surface area contributed by atoms with Crippen LogP contribution in [-0.2, 0) is 23.8 Å². The van der Waals surface area contributed by atoms with Gasteiger partial charge >= 0.3 is 6.18 Å². The molecule has 0 spiro atoms. The van der Waals surface area contributed by atoms with Crippen LogP contribution >= 0.6 is 0 Å². The highest BCUT2D eigenvalue weighted by Gasteiger charge is 2.41. The molecule has 1 aromatic carbocycles. The number of carbonyl (C=O) groups is 2. The van der Waals surface area contributed by atoms with E-state index in [-0.39, 0.29) is 24.6 Å². The maximum absolute atomic E-state index is 13.6. The Morgan fingerprint density at radius 3 is 2.44 bits per heavy atom. The first kappa shape index (κ1) is 25.1. The quantitative estimate of drug-likeness (QED) is 0.513. The largest absolute Gasteiger partial charge is 0.431 e. The molecule has 1 N–H and O–H groups in total. The molecule has 0 bridgehead atoms. The van der Waals surface area contributed by atoms with Crippen molar-refractivity contribution in [3.05, 3.63) is 93.2 Å². The molecule has 39 heavy (non-hydrogen) atoms. The second-order valence-corrected chi connectivity index (χ2v) is 10.2. The molecule has 2 aromatic heterocycles. The number of H-pyrrole nitrogens is 1. The Bertz CT molecular complexity index is 1540. The number of nitrogens with zero attached hydrogens (tertiary/aromatic N) is 4. The Labute approximate surface area is 221 Å². The minimum absolute atomic E-state index is 0.154. The molecule has 0 saturated heterocycles. The molecular formula is C28H26F3N5O3. The van der Waals surface area contributed by atoms with Crippen LogP contribution in [0.3, 0.4) is 0 Å². The number of rotatable bonds is 4. The zero-order chi connectivity index (χ0) is 27.5. The van der Waals surface area contributed by atoms with E-state index in [9.17, 15) is 27.6 Å². The number of benzene rings is 1. The fraction of sp³-hybridized carbons (Fsp3) is 0.357. The Morgan fingerprint density at radius 2 is 1.79 bits per heavy atom. The van der Waals surface area contributed by atoms with Gasteiger partial charge in [0.05, 0.1) is 23.1 Å². The first-order chi connectivity index (χ1) is 18.7. The maximum atomic E-state index is 13.6. The number of pyridine rings is 1. The number of halogens is 3. The molecular weight excluding hydrogens is 511 g/mol. The summed E-state index contributed by atoms with van der Waals surface area (Å²) in [5, 5.41) is 4.90. The van der Waals surface area contributed by atoms with E-state index in [0.717, 1.165) is 28.7 Å². The molecule has 2 aliphatic heterocycles. The molecule has 11 heteroatoms. The van der Waals surface area contributed by atoms with Gasteiger partial charge in [-0.2, -0.15) is 18.3 Å². The van der Waals surface area contributed by atoms with Crippen molar-refractivity contribution in [1.29, 1.82) is 0 Å². The Balaban J connectivity index is 1.39. The highest BCUT2D eigenvalue weighted by Crippen LogP contribution is 2.41. The third kappa shape index (κ3) is 4.45. The topological polar surface area (TPSA) is 91.3 Å². The van der Waals surface area contributed by atoms with E-state index >= 15 is 0 Å². The van der Waals surface area contributed by atoms with Crippen molar-refractivity contribution >= 4 is 11.8 Å². The smallest absolute Gasteiger partial charge is 0.336 e. The van der Waals surface area contributed by atoms with Crippen LogP contribution in [0, 0.1) is 0 Å². The summed E-state index contributed by atoms with van der Waals surface area (Å²) in [6.45, 7) is 4.31. The van der Waals surface area contributed by atoms with Crippen molar-refractivity contribution in [2.75, 3.05) is 19.6 Å². The van der Waals surface area contributed by atoms with E-state index < -0.39 is 29.4 Å². The minimum Gasteiger partial charge on any atom is -0.336 e. The van der Waals surface area contributed by atoms with Gasteiger partial charge < -0.3 is 14.8 Å². The average Bonchev–Trinajstić information content (AvgIpc) is 3.73. The number of nitrogens with one attached hydrogen (secondary N) is 1. The molecule has 4 heterocycles. The molecule has 1 fully saturated rings. The lowest BCUT2D eigenvalue weighted by atomic mass is 9.95. The number of aromatic amines is 1. The second-order valence-electron chi connectivity index (χ2n) is 10.2. The van der Waals surface area contributed by atoms with E-state index in [2.05, 4.69) is 18.7 Å². The van der Waals surface area contributed by atoms with Gasteiger partial charge in [0, 0.05) is 38.0 Å². The second kappa shape index (κ2) is 9.25. The third-order valence-electron chi connectivity index (χ3n) is 7.79. The van der Waals surface area contributed by atoms with Crippen molar-refractivity contribution in [2.24, 2.45) is 0 Å². The van der Waals surface area contributed by atoms with Gasteiger partial charge in [0.2, 0.25) is 5.91 Å². The molecule has 1 aliphatic carbocycles. The summed E-state index contributed by atoms with van der Waals surface area (Å²) in [5.74, 6) is -0.367. The summed E-state index contributed by atoms with van der Waals surface area (Å²) in [6.07, 6.45) is -0.228. The van der Waals surface area contributed by atoms with Crippen molar-refractivity contribution in [3.63, 3.8) is 0 Å². The standard InChI is InChI=1S/C28H26F3N5O3/c1-2-24(37)34-13-11-20-25-21(36(33-20)18-7-5-17(6-8-18)16-3-4-16)12-14-35(22(25)15-34)27(39)19-9-10-23(28(29,30)31)32-26(19)38/h2,5-10,16,22H,1,3-4,11-15H2,(H,32,38)/t22-/m0/s1. The number of hydrogen-bond donors (Lipinski definition) is 1. The molecule has 8 nitrogen and oxygen atoms in total. The lowest BCUT2D eigenvalue weighted by Gasteiger charge is -2.37. The van der Waals surface area contributed by atoms with Crippen LogP contribution in [-0.4, -0.2) is 56.0 Å².